The first-order chi connectivity index (χ1) is 14.1. The Bertz CT molecular complexity index is 793. The summed E-state index contributed by atoms with van der Waals surface area (Å²) in [5.74, 6) is 1.25. The van der Waals surface area contributed by atoms with E-state index in [0.717, 1.165) is 38.4 Å². The molecular weight excluding hydrogens is 384 g/mol. The van der Waals surface area contributed by atoms with Crippen LogP contribution in [0.25, 0.3) is 0 Å². The lowest BCUT2D eigenvalue weighted by atomic mass is 10.2. The normalized spacial score (nSPS) is 15.6. The first-order valence-corrected chi connectivity index (χ1v) is 9.28. The molecule has 158 valence electrons. The number of halogens is 2. The molecular formula is C19H25F2N5O3. The van der Waals surface area contributed by atoms with Crippen LogP contribution in [0.2, 0.25) is 0 Å². The van der Waals surface area contributed by atoms with Crippen molar-refractivity contribution in [3.63, 3.8) is 0 Å². The predicted octanol–water partition coefficient (Wildman–Crippen LogP) is 2.18. The Morgan fingerprint density at radius 1 is 1.28 bits per heavy atom. The molecule has 0 aliphatic carbocycles. The fraction of sp³-hybridized carbons (Fsp3) is 0.474. The van der Waals surface area contributed by atoms with Crippen LogP contribution in [0, 0.1) is 0 Å². The van der Waals surface area contributed by atoms with Crippen molar-refractivity contribution < 1.29 is 22.8 Å². The molecule has 0 spiro atoms. The summed E-state index contributed by atoms with van der Waals surface area (Å²) in [6, 6.07) is 6.73. The number of ether oxygens (including phenoxy) is 2. The summed E-state index contributed by atoms with van der Waals surface area (Å²) in [6.45, 7) is 1.44. The SMILES string of the molecule is CN=C(NCc1ccc(OC)cc1OC(F)F)N1CCN(Cc2ccon2)CC1. The maximum Gasteiger partial charge on any atom is 0.387 e. The molecule has 8 nitrogen and oxygen atoms in total. The van der Waals surface area contributed by atoms with Crippen LogP contribution in [-0.4, -0.2) is 67.9 Å². The highest BCUT2D eigenvalue weighted by atomic mass is 19.3. The molecule has 3 rings (SSSR count). The van der Waals surface area contributed by atoms with Crippen LogP contribution >= 0.6 is 0 Å². The zero-order valence-electron chi connectivity index (χ0n) is 16.5. The molecule has 0 atom stereocenters. The number of hydrogen-bond acceptors (Lipinski definition) is 6. The van der Waals surface area contributed by atoms with Gasteiger partial charge in [0.25, 0.3) is 0 Å². The predicted molar refractivity (Wildman–Crippen MR) is 103 cm³/mol. The van der Waals surface area contributed by atoms with E-state index in [2.05, 4.69) is 30.0 Å². The van der Waals surface area contributed by atoms with Crippen molar-refractivity contribution in [1.29, 1.82) is 0 Å². The van der Waals surface area contributed by atoms with Gasteiger partial charge >= 0.3 is 6.61 Å². The third-order valence-electron chi connectivity index (χ3n) is 4.69. The lowest BCUT2D eigenvalue weighted by molar-refractivity contribution is -0.0505. The van der Waals surface area contributed by atoms with Gasteiger partial charge in [0.2, 0.25) is 0 Å². The Balaban J connectivity index is 1.56. The van der Waals surface area contributed by atoms with Crippen LogP contribution in [0.5, 0.6) is 11.5 Å². The number of aromatic nitrogens is 1. The van der Waals surface area contributed by atoms with Crippen LogP contribution < -0.4 is 14.8 Å². The maximum absolute atomic E-state index is 12.7. The summed E-state index contributed by atoms with van der Waals surface area (Å²) in [5, 5.41) is 7.18. The van der Waals surface area contributed by atoms with Gasteiger partial charge in [-0.25, -0.2) is 0 Å². The topological polar surface area (TPSA) is 75.4 Å². The number of aliphatic imine (C=N–C) groups is 1. The van der Waals surface area contributed by atoms with Crippen molar-refractivity contribution in [3.05, 3.63) is 41.8 Å². The number of methoxy groups -OCH3 is 1. The number of guanidine groups is 1. The number of benzene rings is 1. The number of alkyl halides is 2. The van der Waals surface area contributed by atoms with E-state index in [-0.39, 0.29) is 5.75 Å². The average Bonchev–Trinajstić information content (AvgIpc) is 3.23. The molecule has 29 heavy (non-hydrogen) atoms. The molecule has 1 aliphatic heterocycles. The van der Waals surface area contributed by atoms with Gasteiger partial charge in [0.05, 0.1) is 12.8 Å². The number of rotatable bonds is 7. The molecule has 0 unspecified atom stereocenters. The second-order valence-electron chi connectivity index (χ2n) is 6.51. The van der Waals surface area contributed by atoms with Gasteiger partial charge in [-0.1, -0.05) is 5.16 Å². The molecule has 1 aliphatic rings. The molecule has 1 saturated heterocycles. The van der Waals surface area contributed by atoms with Crippen molar-refractivity contribution in [2.45, 2.75) is 19.7 Å². The number of piperazine rings is 1. The van der Waals surface area contributed by atoms with Gasteiger partial charge in [0, 0.05) is 64.0 Å². The maximum atomic E-state index is 12.7. The van der Waals surface area contributed by atoms with Crippen LogP contribution in [0.3, 0.4) is 0 Å². The van der Waals surface area contributed by atoms with Gasteiger partial charge in [-0.05, 0) is 12.1 Å². The van der Waals surface area contributed by atoms with Gasteiger partial charge in [-0.15, -0.1) is 0 Å². The second-order valence-corrected chi connectivity index (χ2v) is 6.51. The summed E-state index contributed by atoms with van der Waals surface area (Å²) >= 11 is 0. The number of hydrogen-bond donors (Lipinski definition) is 1. The van der Waals surface area contributed by atoms with E-state index < -0.39 is 6.61 Å². The Labute approximate surface area is 168 Å². The molecule has 2 heterocycles. The zero-order valence-corrected chi connectivity index (χ0v) is 16.5. The molecule has 1 fully saturated rings. The average molecular weight is 409 g/mol. The highest BCUT2D eigenvalue weighted by molar-refractivity contribution is 5.80. The van der Waals surface area contributed by atoms with Gasteiger partial charge < -0.3 is 24.2 Å². The minimum absolute atomic E-state index is 0.0831. The van der Waals surface area contributed by atoms with Gasteiger partial charge in [-0.3, -0.25) is 9.89 Å². The molecule has 1 N–H and O–H groups in total. The minimum atomic E-state index is -2.90. The largest absolute Gasteiger partial charge is 0.497 e. The summed E-state index contributed by atoms with van der Waals surface area (Å²) in [5.41, 5.74) is 1.50. The summed E-state index contributed by atoms with van der Waals surface area (Å²) < 4.78 is 40.1. The van der Waals surface area contributed by atoms with E-state index in [1.54, 1.807) is 25.4 Å². The molecule has 10 heteroatoms. The fourth-order valence-corrected chi connectivity index (χ4v) is 3.19. The van der Waals surface area contributed by atoms with Crippen LogP contribution in [0.4, 0.5) is 8.78 Å². The minimum Gasteiger partial charge on any atom is -0.497 e. The molecule has 1 aromatic carbocycles. The molecule has 1 aromatic heterocycles. The van der Waals surface area contributed by atoms with Crippen LogP contribution in [0.1, 0.15) is 11.3 Å². The van der Waals surface area contributed by atoms with Crippen molar-refractivity contribution in [1.82, 2.24) is 20.3 Å². The van der Waals surface area contributed by atoms with E-state index in [4.69, 9.17) is 9.26 Å². The Morgan fingerprint density at radius 3 is 2.69 bits per heavy atom. The fourth-order valence-electron chi connectivity index (χ4n) is 3.19. The molecule has 0 radical (unpaired) electrons. The zero-order chi connectivity index (χ0) is 20.6. The van der Waals surface area contributed by atoms with Crippen molar-refractivity contribution in [2.75, 3.05) is 40.3 Å². The number of nitrogens with one attached hydrogen (secondary N) is 1. The van der Waals surface area contributed by atoms with E-state index in [1.165, 1.54) is 13.2 Å². The highest BCUT2D eigenvalue weighted by Crippen LogP contribution is 2.26. The van der Waals surface area contributed by atoms with Crippen LogP contribution in [-0.2, 0) is 13.1 Å². The van der Waals surface area contributed by atoms with Gasteiger partial charge in [0.1, 0.15) is 17.8 Å². The standard InChI is InChI=1S/C19H25F2N5O3/c1-22-19(26-8-6-25(7-9-26)13-15-5-10-28-24-15)23-12-14-3-4-16(27-2)11-17(14)29-18(20)21/h3-5,10-11,18H,6-9,12-13H2,1-2H3,(H,22,23). The summed E-state index contributed by atoms with van der Waals surface area (Å²) in [6.07, 6.45) is 1.57. The van der Waals surface area contributed by atoms with E-state index in [1.807, 2.05) is 6.07 Å². The second kappa shape index (κ2) is 10.1. The quantitative estimate of drug-likeness (QED) is 0.555. The molecule has 0 saturated carbocycles. The van der Waals surface area contributed by atoms with Gasteiger partial charge in [0.15, 0.2) is 5.96 Å². The lowest BCUT2D eigenvalue weighted by Crippen LogP contribution is -2.52. The third kappa shape index (κ3) is 5.80. The third-order valence-corrected chi connectivity index (χ3v) is 4.69. The smallest absolute Gasteiger partial charge is 0.387 e. The van der Waals surface area contributed by atoms with E-state index in [9.17, 15) is 8.78 Å². The van der Waals surface area contributed by atoms with Crippen molar-refractivity contribution in [3.8, 4) is 11.5 Å². The monoisotopic (exact) mass is 409 g/mol. The Hall–Kier alpha value is -2.88. The number of nitrogens with zero attached hydrogens (tertiary/aromatic N) is 4. The van der Waals surface area contributed by atoms with Crippen molar-refractivity contribution in [2.24, 2.45) is 4.99 Å². The summed E-state index contributed by atoms with van der Waals surface area (Å²) in [7, 11) is 3.18. The Morgan fingerprint density at radius 2 is 2.07 bits per heavy atom. The Kier molecular flexibility index (Phi) is 7.23. The molecule has 0 bridgehead atoms. The van der Waals surface area contributed by atoms with E-state index >= 15 is 0 Å². The highest BCUT2D eigenvalue weighted by Gasteiger charge is 2.21. The summed E-state index contributed by atoms with van der Waals surface area (Å²) in [4.78, 5) is 8.75. The van der Waals surface area contributed by atoms with E-state index in [0.29, 0.717) is 23.8 Å². The first kappa shape index (κ1) is 20.8. The first-order valence-electron chi connectivity index (χ1n) is 9.28. The van der Waals surface area contributed by atoms with Crippen molar-refractivity contribution >= 4 is 5.96 Å². The lowest BCUT2D eigenvalue weighted by Gasteiger charge is -2.36. The molecule has 2 aromatic rings. The molecule has 0 amide bonds. The van der Waals surface area contributed by atoms with Gasteiger partial charge in [-0.2, -0.15) is 8.78 Å². The van der Waals surface area contributed by atoms with Crippen LogP contribution in [0.15, 0.2) is 40.0 Å².